The molecule has 0 aliphatic rings. The van der Waals surface area contributed by atoms with Crippen LogP contribution in [0.5, 0.6) is 0 Å². The highest BCUT2D eigenvalue weighted by Crippen LogP contribution is 2.34. The molecule has 0 atom stereocenters. The van der Waals surface area contributed by atoms with E-state index in [4.69, 9.17) is 5.73 Å². The van der Waals surface area contributed by atoms with Crippen LogP contribution < -0.4 is 5.73 Å². The maximum atomic E-state index is 13.2. The lowest BCUT2D eigenvalue weighted by Crippen LogP contribution is -1.94. The first kappa shape index (κ1) is 12.4. The van der Waals surface area contributed by atoms with Crippen molar-refractivity contribution in [2.45, 2.75) is 9.79 Å². The van der Waals surface area contributed by atoms with Crippen molar-refractivity contribution in [1.82, 2.24) is 0 Å². The smallest absolute Gasteiger partial charge is 0.150 e. The summed E-state index contributed by atoms with van der Waals surface area (Å²) in [5.41, 5.74) is 5.53. The van der Waals surface area contributed by atoms with E-state index >= 15 is 0 Å². The Balaban J connectivity index is 2.32. The van der Waals surface area contributed by atoms with Gasteiger partial charge in [-0.2, -0.15) is 0 Å². The molecular formula is C12H8BrF2NS. The summed E-state index contributed by atoms with van der Waals surface area (Å²) >= 11 is 4.54. The van der Waals surface area contributed by atoms with Crippen LogP contribution in [0.2, 0.25) is 0 Å². The van der Waals surface area contributed by atoms with Gasteiger partial charge in [0.1, 0.15) is 11.6 Å². The third-order valence-corrected chi connectivity index (χ3v) is 3.69. The zero-order chi connectivity index (χ0) is 12.4. The van der Waals surface area contributed by atoms with Crippen molar-refractivity contribution >= 4 is 33.4 Å². The van der Waals surface area contributed by atoms with Crippen molar-refractivity contribution < 1.29 is 8.78 Å². The number of nitrogens with two attached hydrogens (primary N) is 1. The SMILES string of the molecule is Nc1c(F)cc(F)cc1Sc1ccc(Br)cc1. The molecule has 0 aliphatic carbocycles. The molecule has 17 heavy (non-hydrogen) atoms. The highest BCUT2D eigenvalue weighted by molar-refractivity contribution is 9.10. The molecule has 0 unspecified atom stereocenters. The van der Waals surface area contributed by atoms with Gasteiger partial charge in [-0.25, -0.2) is 8.78 Å². The van der Waals surface area contributed by atoms with E-state index in [9.17, 15) is 8.78 Å². The van der Waals surface area contributed by atoms with Gasteiger partial charge in [-0.15, -0.1) is 0 Å². The molecule has 0 radical (unpaired) electrons. The fourth-order valence-corrected chi connectivity index (χ4v) is 2.44. The number of hydrogen-bond acceptors (Lipinski definition) is 2. The fourth-order valence-electron chi connectivity index (χ4n) is 1.28. The van der Waals surface area contributed by atoms with Crippen LogP contribution >= 0.6 is 27.7 Å². The molecule has 2 aromatic carbocycles. The molecular weight excluding hydrogens is 308 g/mol. The van der Waals surface area contributed by atoms with Crippen molar-refractivity contribution in [2.75, 3.05) is 5.73 Å². The van der Waals surface area contributed by atoms with Gasteiger partial charge in [-0.1, -0.05) is 27.7 Å². The van der Waals surface area contributed by atoms with Crippen molar-refractivity contribution in [3.8, 4) is 0 Å². The summed E-state index contributed by atoms with van der Waals surface area (Å²) in [6.07, 6.45) is 0. The fraction of sp³-hybridized carbons (Fsp3) is 0. The molecule has 0 aromatic heterocycles. The molecule has 2 N–H and O–H groups in total. The van der Waals surface area contributed by atoms with Gasteiger partial charge in [-0.05, 0) is 30.3 Å². The summed E-state index contributed by atoms with van der Waals surface area (Å²) in [4.78, 5) is 1.25. The van der Waals surface area contributed by atoms with E-state index in [0.717, 1.165) is 15.4 Å². The molecule has 1 nitrogen and oxygen atoms in total. The molecule has 5 heteroatoms. The highest BCUT2D eigenvalue weighted by atomic mass is 79.9. The quantitative estimate of drug-likeness (QED) is 0.828. The molecule has 0 fully saturated rings. The standard InChI is InChI=1S/C12H8BrF2NS/c13-7-1-3-9(4-2-7)17-11-6-8(14)5-10(15)12(11)16/h1-6H,16H2. The summed E-state index contributed by atoms with van der Waals surface area (Å²) in [6, 6.07) is 9.41. The topological polar surface area (TPSA) is 26.0 Å². The normalized spacial score (nSPS) is 10.5. The number of nitrogen functional groups attached to an aromatic ring is 1. The van der Waals surface area contributed by atoms with Crippen molar-refractivity contribution in [2.24, 2.45) is 0 Å². The molecule has 0 saturated heterocycles. The Kier molecular flexibility index (Phi) is 3.69. The van der Waals surface area contributed by atoms with Gasteiger partial charge < -0.3 is 5.73 Å². The van der Waals surface area contributed by atoms with Gasteiger partial charge in [0.25, 0.3) is 0 Å². The zero-order valence-corrected chi connectivity index (χ0v) is 11.0. The predicted molar refractivity (Wildman–Crippen MR) is 69.0 cm³/mol. The van der Waals surface area contributed by atoms with Crippen LogP contribution in [0.3, 0.4) is 0 Å². The minimum Gasteiger partial charge on any atom is -0.395 e. The van der Waals surface area contributed by atoms with Gasteiger partial charge in [0.05, 0.1) is 5.69 Å². The van der Waals surface area contributed by atoms with Crippen LogP contribution in [0, 0.1) is 11.6 Å². The Hall–Kier alpha value is -1.07. The van der Waals surface area contributed by atoms with E-state index < -0.39 is 11.6 Å². The maximum Gasteiger partial charge on any atom is 0.150 e. The van der Waals surface area contributed by atoms with Crippen LogP contribution in [-0.2, 0) is 0 Å². The first-order valence-corrected chi connectivity index (χ1v) is 6.35. The number of rotatable bonds is 2. The Morgan fingerprint density at radius 2 is 1.71 bits per heavy atom. The maximum absolute atomic E-state index is 13.2. The molecule has 0 aliphatic heterocycles. The second-order valence-corrected chi connectivity index (χ2v) is 5.39. The van der Waals surface area contributed by atoms with Crippen molar-refractivity contribution in [3.63, 3.8) is 0 Å². The van der Waals surface area contributed by atoms with Crippen LogP contribution in [0.4, 0.5) is 14.5 Å². The number of anilines is 1. The van der Waals surface area contributed by atoms with Crippen LogP contribution in [0.25, 0.3) is 0 Å². The van der Waals surface area contributed by atoms with Crippen LogP contribution in [0.15, 0.2) is 50.7 Å². The lowest BCUT2D eigenvalue weighted by molar-refractivity contribution is 0.581. The molecule has 2 aromatic rings. The zero-order valence-electron chi connectivity index (χ0n) is 8.58. The van der Waals surface area contributed by atoms with E-state index in [2.05, 4.69) is 15.9 Å². The Labute approximate surface area is 110 Å². The van der Waals surface area contributed by atoms with E-state index in [0.29, 0.717) is 4.90 Å². The van der Waals surface area contributed by atoms with Gasteiger partial charge in [0.15, 0.2) is 0 Å². The first-order chi connectivity index (χ1) is 8.06. The summed E-state index contributed by atoms with van der Waals surface area (Å²) in [5, 5.41) is 0. The molecule has 0 spiro atoms. The minimum atomic E-state index is -0.732. The number of hydrogen-bond donors (Lipinski definition) is 1. The number of benzene rings is 2. The first-order valence-electron chi connectivity index (χ1n) is 4.74. The number of halogens is 3. The largest absolute Gasteiger partial charge is 0.395 e. The van der Waals surface area contributed by atoms with Crippen LogP contribution in [-0.4, -0.2) is 0 Å². The van der Waals surface area contributed by atoms with Crippen LogP contribution in [0.1, 0.15) is 0 Å². The second-order valence-electron chi connectivity index (χ2n) is 3.36. The Bertz CT molecular complexity index is 543. The average molecular weight is 316 g/mol. The lowest BCUT2D eigenvalue weighted by atomic mass is 10.3. The molecule has 0 saturated carbocycles. The summed E-state index contributed by atoms with van der Waals surface area (Å²) in [6.45, 7) is 0. The highest BCUT2D eigenvalue weighted by Gasteiger charge is 2.09. The Morgan fingerprint density at radius 3 is 2.35 bits per heavy atom. The monoisotopic (exact) mass is 315 g/mol. The second kappa shape index (κ2) is 5.06. The van der Waals surface area contributed by atoms with Crippen molar-refractivity contribution in [3.05, 3.63) is 52.5 Å². The summed E-state index contributed by atoms with van der Waals surface area (Å²) in [7, 11) is 0. The van der Waals surface area contributed by atoms with Gasteiger partial charge in [0, 0.05) is 20.3 Å². The van der Waals surface area contributed by atoms with Crippen molar-refractivity contribution in [1.29, 1.82) is 0 Å². The van der Waals surface area contributed by atoms with E-state index in [-0.39, 0.29) is 5.69 Å². The lowest BCUT2D eigenvalue weighted by Gasteiger charge is -2.06. The molecule has 0 heterocycles. The van der Waals surface area contributed by atoms with Gasteiger partial charge >= 0.3 is 0 Å². The third kappa shape index (κ3) is 2.98. The third-order valence-electron chi connectivity index (χ3n) is 2.10. The molecule has 2 rings (SSSR count). The molecule has 88 valence electrons. The van der Waals surface area contributed by atoms with E-state index in [1.807, 2.05) is 24.3 Å². The van der Waals surface area contributed by atoms with E-state index in [1.165, 1.54) is 17.8 Å². The summed E-state index contributed by atoms with van der Waals surface area (Å²) < 4.78 is 27.2. The van der Waals surface area contributed by atoms with E-state index in [1.54, 1.807) is 0 Å². The predicted octanol–water partition coefficient (Wildman–Crippen LogP) is 4.46. The van der Waals surface area contributed by atoms with Gasteiger partial charge in [0.2, 0.25) is 0 Å². The molecule has 0 bridgehead atoms. The average Bonchev–Trinajstić information content (AvgIpc) is 2.28. The van der Waals surface area contributed by atoms with Gasteiger partial charge in [-0.3, -0.25) is 0 Å². The molecule has 0 amide bonds. The summed E-state index contributed by atoms with van der Waals surface area (Å²) in [5.74, 6) is -1.36. The minimum absolute atomic E-state index is 0.0284. The Morgan fingerprint density at radius 1 is 1.06 bits per heavy atom.